The van der Waals surface area contributed by atoms with E-state index in [0.717, 1.165) is 33.2 Å². The summed E-state index contributed by atoms with van der Waals surface area (Å²) in [6.07, 6.45) is 0. The van der Waals surface area contributed by atoms with E-state index in [-0.39, 0.29) is 0 Å². The first-order valence-electron chi connectivity index (χ1n) is 8.70. The highest BCUT2D eigenvalue weighted by atomic mass is 35.5. The molecule has 3 aromatic rings. The number of anilines is 1. The van der Waals surface area contributed by atoms with E-state index in [0.29, 0.717) is 16.7 Å². The predicted octanol–water partition coefficient (Wildman–Crippen LogP) is 5.68. The van der Waals surface area contributed by atoms with Gasteiger partial charge in [0.25, 0.3) is 0 Å². The van der Waals surface area contributed by atoms with E-state index in [4.69, 9.17) is 33.7 Å². The zero-order chi connectivity index (χ0) is 19.7. The lowest BCUT2D eigenvalue weighted by atomic mass is 10.0. The first-order valence-corrected chi connectivity index (χ1v) is 10.3. The second-order valence-electron chi connectivity index (χ2n) is 6.39. The monoisotopic (exact) mass is 427 g/mol. The summed E-state index contributed by atoms with van der Waals surface area (Å²) < 4.78 is 5.24. The Morgan fingerprint density at radius 1 is 1.14 bits per heavy atom. The van der Waals surface area contributed by atoms with Gasteiger partial charge in [0, 0.05) is 21.0 Å². The van der Waals surface area contributed by atoms with Gasteiger partial charge in [-0.05, 0) is 55.0 Å². The van der Waals surface area contributed by atoms with Crippen molar-refractivity contribution >= 4 is 51.0 Å². The maximum Gasteiger partial charge on any atom is 0.195 e. The Hall–Kier alpha value is -2.41. The van der Waals surface area contributed by atoms with Crippen molar-refractivity contribution in [3.63, 3.8) is 0 Å². The number of hydrazone groups is 1. The molecule has 0 saturated heterocycles. The molecular formula is C21H18ClN3OS2. The number of aryl methyl sites for hydroxylation is 1. The van der Waals surface area contributed by atoms with E-state index in [9.17, 15) is 0 Å². The van der Waals surface area contributed by atoms with E-state index < -0.39 is 0 Å². The van der Waals surface area contributed by atoms with Crippen LogP contribution in [0, 0.1) is 6.92 Å². The van der Waals surface area contributed by atoms with Crippen molar-refractivity contribution in [1.82, 2.24) is 5.01 Å². The van der Waals surface area contributed by atoms with Crippen molar-refractivity contribution in [3.8, 4) is 5.75 Å². The molecule has 4 rings (SSSR count). The molecule has 0 atom stereocenters. The number of thiophene rings is 1. The SMILES string of the molecule is COc1ccc(CN2N=C(c3ccc(Cl)cc3)c3cc(C)sc3NC2=S)cc1. The number of benzene rings is 2. The van der Waals surface area contributed by atoms with E-state index >= 15 is 0 Å². The summed E-state index contributed by atoms with van der Waals surface area (Å²) in [7, 11) is 1.66. The second-order valence-corrected chi connectivity index (χ2v) is 8.47. The Balaban J connectivity index is 1.74. The molecule has 0 fully saturated rings. The summed E-state index contributed by atoms with van der Waals surface area (Å²) in [5.41, 5.74) is 4.00. The third-order valence-corrected chi connectivity index (χ3v) is 5.93. The van der Waals surface area contributed by atoms with Gasteiger partial charge in [-0.15, -0.1) is 11.3 Å². The molecule has 1 N–H and O–H groups in total. The Morgan fingerprint density at radius 2 is 1.86 bits per heavy atom. The molecule has 0 radical (unpaired) electrons. The third-order valence-electron chi connectivity index (χ3n) is 4.40. The summed E-state index contributed by atoms with van der Waals surface area (Å²) in [5, 5.41) is 12.4. The second kappa shape index (κ2) is 7.91. The number of ether oxygens (including phenoxy) is 1. The summed E-state index contributed by atoms with van der Waals surface area (Å²) >= 11 is 13.4. The Bertz CT molecular complexity index is 1040. The molecular weight excluding hydrogens is 410 g/mol. The quantitative estimate of drug-likeness (QED) is 0.543. The molecule has 0 saturated carbocycles. The largest absolute Gasteiger partial charge is 0.497 e. The first kappa shape index (κ1) is 18.9. The molecule has 28 heavy (non-hydrogen) atoms. The fourth-order valence-corrected chi connectivity index (χ4v) is 4.31. The van der Waals surface area contributed by atoms with Crippen molar-refractivity contribution in [2.75, 3.05) is 12.4 Å². The lowest BCUT2D eigenvalue weighted by molar-refractivity contribution is 0.413. The highest BCUT2D eigenvalue weighted by Gasteiger charge is 2.23. The van der Waals surface area contributed by atoms with E-state index in [2.05, 4.69) is 18.3 Å². The number of hydrogen-bond acceptors (Lipinski definition) is 4. The highest BCUT2D eigenvalue weighted by molar-refractivity contribution is 7.80. The van der Waals surface area contributed by atoms with Gasteiger partial charge in [-0.2, -0.15) is 5.10 Å². The molecule has 1 aromatic heterocycles. The molecule has 4 nitrogen and oxygen atoms in total. The molecule has 0 amide bonds. The smallest absolute Gasteiger partial charge is 0.195 e. The lowest BCUT2D eigenvalue weighted by Gasteiger charge is -2.19. The van der Waals surface area contributed by atoms with Crippen molar-refractivity contribution in [1.29, 1.82) is 0 Å². The molecule has 7 heteroatoms. The molecule has 0 bridgehead atoms. The summed E-state index contributed by atoms with van der Waals surface area (Å²) in [5.74, 6) is 0.823. The normalized spacial score (nSPS) is 13.5. The molecule has 1 aliphatic rings. The van der Waals surface area contributed by atoms with Gasteiger partial charge in [0.15, 0.2) is 5.11 Å². The fraction of sp³-hybridized carbons (Fsp3) is 0.143. The van der Waals surface area contributed by atoms with Crippen molar-refractivity contribution in [3.05, 3.63) is 81.2 Å². The third kappa shape index (κ3) is 3.90. The molecule has 0 aliphatic carbocycles. The number of methoxy groups -OCH3 is 1. The van der Waals surface area contributed by atoms with E-state index in [1.165, 1.54) is 4.88 Å². The number of hydrogen-bond donors (Lipinski definition) is 1. The molecule has 2 aromatic carbocycles. The number of thiocarbonyl (C=S) groups is 1. The number of halogens is 1. The van der Waals surface area contributed by atoms with Gasteiger partial charge in [-0.1, -0.05) is 35.9 Å². The standard InChI is InChI=1S/C21H18ClN3OS2/c1-13-11-18-19(15-5-7-16(22)8-6-15)24-25(21(27)23-20(18)28-13)12-14-3-9-17(26-2)10-4-14/h3-11H,12H2,1-2H3,(H,23,27). The predicted molar refractivity (Wildman–Crippen MR) is 121 cm³/mol. The van der Waals surface area contributed by atoms with Crippen LogP contribution < -0.4 is 10.1 Å². The molecule has 0 unspecified atom stereocenters. The van der Waals surface area contributed by atoms with Crippen molar-refractivity contribution in [2.45, 2.75) is 13.5 Å². The van der Waals surface area contributed by atoms with Gasteiger partial charge in [-0.3, -0.25) is 0 Å². The molecule has 0 spiro atoms. The van der Waals surface area contributed by atoms with Crippen molar-refractivity contribution in [2.24, 2.45) is 5.10 Å². The Kier molecular flexibility index (Phi) is 5.35. The van der Waals surface area contributed by atoms with Gasteiger partial charge in [0.1, 0.15) is 16.5 Å². The van der Waals surface area contributed by atoms with Crippen LogP contribution in [0.3, 0.4) is 0 Å². The topological polar surface area (TPSA) is 36.9 Å². The van der Waals surface area contributed by atoms with Crippen LogP contribution in [0.1, 0.15) is 21.6 Å². The summed E-state index contributed by atoms with van der Waals surface area (Å²) in [4.78, 5) is 1.20. The number of rotatable bonds is 4. The zero-order valence-electron chi connectivity index (χ0n) is 15.4. The summed E-state index contributed by atoms with van der Waals surface area (Å²) in [6, 6.07) is 17.8. The van der Waals surface area contributed by atoms with Crippen LogP contribution in [0.2, 0.25) is 5.02 Å². The first-order chi connectivity index (χ1) is 13.5. The Labute approximate surface area is 178 Å². The molecule has 1 aliphatic heterocycles. The summed E-state index contributed by atoms with van der Waals surface area (Å²) in [6.45, 7) is 2.64. The van der Waals surface area contributed by atoms with Gasteiger partial charge in [0.2, 0.25) is 0 Å². The minimum absolute atomic E-state index is 0.556. The van der Waals surface area contributed by atoms with Gasteiger partial charge in [-0.25, -0.2) is 5.01 Å². The van der Waals surface area contributed by atoms with Crippen LogP contribution in [0.25, 0.3) is 0 Å². The number of nitrogens with zero attached hydrogens (tertiary/aromatic N) is 2. The number of fused-ring (bicyclic) bond motifs is 1. The number of nitrogens with one attached hydrogen (secondary N) is 1. The maximum atomic E-state index is 6.08. The zero-order valence-corrected chi connectivity index (χ0v) is 17.8. The fourth-order valence-electron chi connectivity index (χ4n) is 3.00. The van der Waals surface area contributed by atoms with Crippen LogP contribution in [-0.2, 0) is 6.54 Å². The maximum absolute atomic E-state index is 6.08. The average molecular weight is 428 g/mol. The highest BCUT2D eigenvalue weighted by Crippen LogP contribution is 2.33. The van der Waals surface area contributed by atoms with E-state index in [1.54, 1.807) is 18.4 Å². The van der Waals surface area contributed by atoms with Crippen LogP contribution in [0.4, 0.5) is 5.00 Å². The van der Waals surface area contributed by atoms with Crippen LogP contribution >= 0.6 is 35.2 Å². The van der Waals surface area contributed by atoms with Crippen LogP contribution in [-0.4, -0.2) is 22.9 Å². The van der Waals surface area contributed by atoms with Crippen LogP contribution in [0.5, 0.6) is 5.75 Å². The molecule has 142 valence electrons. The van der Waals surface area contributed by atoms with E-state index in [1.807, 2.05) is 53.5 Å². The van der Waals surface area contributed by atoms with Crippen molar-refractivity contribution < 1.29 is 4.74 Å². The van der Waals surface area contributed by atoms with Gasteiger partial charge >= 0.3 is 0 Å². The lowest BCUT2D eigenvalue weighted by Crippen LogP contribution is -2.29. The van der Waals surface area contributed by atoms with Gasteiger partial charge in [0.05, 0.1) is 13.7 Å². The minimum atomic E-state index is 0.556. The van der Waals surface area contributed by atoms with Crippen LogP contribution in [0.15, 0.2) is 59.7 Å². The minimum Gasteiger partial charge on any atom is -0.497 e. The Morgan fingerprint density at radius 3 is 2.54 bits per heavy atom. The van der Waals surface area contributed by atoms with Gasteiger partial charge < -0.3 is 10.1 Å². The molecule has 2 heterocycles. The average Bonchev–Trinajstić information content (AvgIpc) is 3.00.